The van der Waals surface area contributed by atoms with Crippen molar-refractivity contribution in [2.75, 3.05) is 32.8 Å². The molecular weight excluding hydrogens is 308 g/mol. The van der Waals surface area contributed by atoms with Crippen molar-refractivity contribution in [3.8, 4) is 0 Å². The van der Waals surface area contributed by atoms with E-state index in [2.05, 4.69) is 21.9 Å². The maximum Gasteiger partial charge on any atom is 0.0586 e. The van der Waals surface area contributed by atoms with Gasteiger partial charge in [-0.05, 0) is 75.9 Å². The van der Waals surface area contributed by atoms with Crippen LogP contribution in [0.2, 0.25) is 5.02 Å². The molecule has 2 fully saturated rings. The van der Waals surface area contributed by atoms with Gasteiger partial charge in [0.1, 0.15) is 0 Å². The maximum atomic E-state index is 9.50. The summed E-state index contributed by atoms with van der Waals surface area (Å²) in [5.74, 6) is 0. The van der Waals surface area contributed by atoms with Gasteiger partial charge in [0.25, 0.3) is 0 Å². The lowest BCUT2D eigenvalue weighted by Crippen LogP contribution is -2.43. The number of aryl methyl sites for hydroxylation is 1. The first-order chi connectivity index (χ1) is 11.3. The average Bonchev–Trinajstić information content (AvgIpc) is 3.19. The topological polar surface area (TPSA) is 26.7 Å². The number of aliphatic hydroxyl groups is 1. The van der Waals surface area contributed by atoms with Gasteiger partial charge in [0.15, 0.2) is 0 Å². The van der Waals surface area contributed by atoms with E-state index in [9.17, 15) is 5.11 Å². The Morgan fingerprint density at radius 2 is 1.70 bits per heavy atom. The van der Waals surface area contributed by atoms with Crippen LogP contribution in [-0.2, 0) is 6.42 Å². The first-order valence-electron chi connectivity index (χ1n) is 9.09. The van der Waals surface area contributed by atoms with Gasteiger partial charge < -0.3 is 5.11 Å². The highest BCUT2D eigenvalue weighted by Crippen LogP contribution is 2.23. The molecule has 1 aromatic carbocycles. The molecule has 2 saturated heterocycles. The van der Waals surface area contributed by atoms with Gasteiger partial charge in [0.05, 0.1) is 6.61 Å². The smallest absolute Gasteiger partial charge is 0.0586 e. The van der Waals surface area contributed by atoms with Crippen LogP contribution in [0.25, 0.3) is 0 Å². The molecule has 4 heteroatoms. The second kappa shape index (κ2) is 8.48. The lowest BCUT2D eigenvalue weighted by Gasteiger charge is -2.31. The summed E-state index contributed by atoms with van der Waals surface area (Å²) >= 11 is 5.94. The fourth-order valence-electron chi connectivity index (χ4n) is 4.15. The molecule has 2 atom stereocenters. The van der Waals surface area contributed by atoms with Gasteiger partial charge in [-0.25, -0.2) is 0 Å². The highest BCUT2D eigenvalue weighted by Gasteiger charge is 2.30. The number of hydrogen-bond acceptors (Lipinski definition) is 3. The zero-order valence-corrected chi connectivity index (χ0v) is 14.7. The molecule has 2 heterocycles. The monoisotopic (exact) mass is 336 g/mol. The van der Waals surface area contributed by atoms with E-state index >= 15 is 0 Å². The van der Waals surface area contributed by atoms with Crippen molar-refractivity contribution >= 4 is 11.6 Å². The Bertz CT molecular complexity index is 479. The average molecular weight is 337 g/mol. The molecule has 2 aliphatic rings. The number of hydrogen-bond donors (Lipinski definition) is 1. The molecule has 0 aliphatic carbocycles. The van der Waals surface area contributed by atoms with Crippen LogP contribution in [0, 0.1) is 0 Å². The molecule has 3 rings (SSSR count). The van der Waals surface area contributed by atoms with Gasteiger partial charge in [-0.2, -0.15) is 0 Å². The third-order valence-corrected chi connectivity index (χ3v) is 5.73. The largest absolute Gasteiger partial charge is 0.395 e. The molecular formula is C19H29ClN2O. The first kappa shape index (κ1) is 17.2. The molecule has 0 radical (unpaired) electrons. The standard InChI is InChI=1S/C19H29ClN2O/c20-17-9-7-16(8-10-17)4-1-11-21-12-2-5-18(21)14-22-13-3-6-19(22)15-23/h7-10,18-19,23H,1-6,11-15H2. The predicted octanol–water partition coefficient (Wildman–Crippen LogP) is 3.19. The van der Waals surface area contributed by atoms with E-state index in [4.69, 9.17) is 11.6 Å². The highest BCUT2D eigenvalue weighted by molar-refractivity contribution is 6.30. The summed E-state index contributed by atoms with van der Waals surface area (Å²) in [5, 5.41) is 10.3. The third-order valence-electron chi connectivity index (χ3n) is 5.48. The van der Waals surface area contributed by atoms with Crippen molar-refractivity contribution in [3.05, 3.63) is 34.9 Å². The third kappa shape index (κ3) is 4.69. The van der Waals surface area contributed by atoms with Crippen LogP contribution in [0.5, 0.6) is 0 Å². The van der Waals surface area contributed by atoms with E-state index in [1.165, 1.54) is 57.3 Å². The minimum atomic E-state index is 0.323. The molecule has 0 saturated carbocycles. The van der Waals surface area contributed by atoms with Gasteiger partial charge in [0, 0.05) is 23.7 Å². The van der Waals surface area contributed by atoms with E-state index < -0.39 is 0 Å². The number of rotatable bonds is 7. The van der Waals surface area contributed by atoms with Gasteiger partial charge in [-0.1, -0.05) is 23.7 Å². The molecule has 23 heavy (non-hydrogen) atoms. The minimum absolute atomic E-state index is 0.323. The Labute approximate surface area is 145 Å². The van der Waals surface area contributed by atoms with Crippen molar-refractivity contribution in [1.29, 1.82) is 0 Å². The molecule has 128 valence electrons. The predicted molar refractivity (Wildman–Crippen MR) is 96.0 cm³/mol. The van der Waals surface area contributed by atoms with E-state index in [0.717, 1.165) is 18.0 Å². The summed E-state index contributed by atoms with van der Waals surface area (Å²) in [5.41, 5.74) is 1.38. The number of benzene rings is 1. The fraction of sp³-hybridized carbons (Fsp3) is 0.684. The summed E-state index contributed by atoms with van der Waals surface area (Å²) < 4.78 is 0. The normalized spacial score (nSPS) is 26.2. The SMILES string of the molecule is OCC1CCCN1CC1CCCN1CCCc1ccc(Cl)cc1. The van der Waals surface area contributed by atoms with Gasteiger partial charge in [0.2, 0.25) is 0 Å². The Balaban J connectivity index is 1.44. The van der Waals surface area contributed by atoms with Gasteiger partial charge in [-0.3, -0.25) is 9.80 Å². The lowest BCUT2D eigenvalue weighted by atomic mass is 10.1. The van der Waals surface area contributed by atoms with Gasteiger partial charge in [-0.15, -0.1) is 0 Å². The van der Waals surface area contributed by atoms with E-state index in [1.807, 2.05) is 12.1 Å². The van der Waals surface area contributed by atoms with Crippen LogP contribution in [0.15, 0.2) is 24.3 Å². The summed E-state index contributed by atoms with van der Waals surface area (Å²) in [7, 11) is 0. The van der Waals surface area contributed by atoms with E-state index in [1.54, 1.807) is 0 Å². The summed E-state index contributed by atoms with van der Waals surface area (Å²) in [4.78, 5) is 5.19. The van der Waals surface area contributed by atoms with Crippen LogP contribution in [-0.4, -0.2) is 59.8 Å². The van der Waals surface area contributed by atoms with Gasteiger partial charge >= 0.3 is 0 Å². The zero-order chi connectivity index (χ0) is 16.1. The Hall–Kier alpha value is -0.610. The zero-order valence-electron chi connectivity index (χ0n) is 14.0. The number of nitrogens with zero attached hydrogens (tertiary/aromatic N) is 2. The molecule has 1 aromatic rings. The molecule has 0 amide bonds. The van der Waals surface area contributed by atoms with Crippen LogP contribution in [0.3, 0.4) is 0 Å². The van der Waals surface area contributed by atoms with Crippen LogP contribution < -0.4 is 0 Å². The number of halogens is 1. The van der Waals surface area contributed by atoms with E-state index in [0.29, 0.717) is 18.7 Å². The van der Waals surface area contributed by atoms with Crippen molar-refractivity contribution in [2.45, 2.75) is 50.6 Å². The molecule has 1 N–H and O–H groups in total. The second-order valence-corrected chi connectivity index (χ2v) is 7.47. The molecule has 0 aromatic heterocycles. The molecule has 0 bridgehead atoms. The Morgan fingerprint density at radius 3 is 2.43 bits per heavy atom. The van der Waals surface area contributed by atoms with Crippen molar-refractivity contribution in [2.24, 2.45) is 0 Å². The van der Waals surface area contributed by atoms with E-state index in [-0.39, 0.29) is 0 Å². The first-order valence-corrected chi connectivity index (χ1v) is 9.47. The van der Waals surface area contributed by atoms with Crippen molar-refractivity contribution in [1.82, 2.24) is 9.80 Å². The maximum absolute atomic E-state index is 9.50. The van der Waals surface area contributed by atoms with Crippen LogP contribution in [0.1, 0.15) is 37.7 Å². The summed E-state index contributed by atoms with van der Waals surface area (Å²) in [6.07, 6.45) is 7.39. The van der Waals surface area contributed by atoms with Crippen molar-refractivity contribution < 1.29 is 5.11 Å². The minimum Gasteiger partial charge on any atom is -0.395 e. The Morgan fingerprint density at radius 1 is 1.00 bits per heavy atom. The van der Waals surface area contributed by atoms with Crippen molar-refractivity contribution in [3.63, 3.8) is 0 Å². The molecule has 2 aliphatic heterocycles. The molecule has 3 nitrogen and oxygen atoms in total. The number of likely N-dealkylation sites (tertiary alicyclic amines) is 2. The summed E-state index contributed by atoms with van der Waals surface area (Å²) in [6, 6.07) is 9.34. The molecule has 2 unspecified atom stereocenters. The highest BCUT2D eigenvalue weighted by atomic mass is 35.5. The fourth-order valence-corrected chi connectivity index (χ4v) is 4.27. The second-order valence-electron chi connectivity index (χ2n) is 7.04. The van der Waals surface area contributed by atoms with Crippen LogP contribution >= 0.6 is 11.6 Å². The Kier molecular flexibility index (Phi) is 6.35. The molecule has 0 spiro atoms. The lowest BCUT2D eigenvalue weighted by molar-refractivity contribution is 0.122. The number of aliphatic hydroxyl groups excluding tert-OH is 1. The van der Waals surface area contributed by atoms with Crippen LogP contribution in [0.4, 0.5) is 0 Å². The quantitative estimate of drug-likeness (QED) is 0.828. The summed E-state index contributed by atoms with van der Waals surface area (Å²) in [6.45, 7) is 5.06.